The number of nitrogens with one attached hydrogen (secondary N) is 3. The van der Waals surface area contributed by atoms with E-state index in [4.69, 9.17) is 14.5 Å². The van der Waals surface area contributed by atoms with Gasteiger partial charge in [0, 0.05) is 55.1 Å². The minimum atomic E-state index is -4.89. The summed E-state index contributed by atoms with van der Waals surface area (Å²) in [6, 6.07) is 19.3. The van der Waals surface area contributed by atoms with Crippen LogP contribution in [-0.4, -0.2) is 121 Å². The number of fused-ring (bicyclic) bond motifs is 1. The number of aromatic nitrogens is 2. The molecule has 0 radical (unpaired) electrons. The number of anilines is 4. The predicted molar refractivity (Wildman–Crippen MR) is 252 cm³/mol. The highest BCUT2D eigenvalue weighted by Crippen LogP contribution is 2.43. The van der Waals surface area contributed by atoms with Gasteiger partial charge in [-0.25, -0.2) is 23.0 Å². The van der Waals surface area contributed by atoms with Crippen LogP contribution in [0.3, 0.4) is 0 Å². The number of benzene rings is 4. The summed E-state index contributed by atoms with van der Waals surface area (Å²) in [6.07, 6.45) is 2.63. The molecule has 2 heterocycles. The molecule has 18 nitrogen and oxygen atoms in total. The van der Waals surface area contributed by atoms with Gasteiger partial charge in [0.2, 0.25) is 16.0 Å². The SMILES string of the molecule is COc1cc(Nc2ncc3cc(-c4cc(C(=O)Nc5cc(C(C)(C)C)cc(N(CCOP(=O)(O)O)S(C)(=O)=O)c5OC)ccc4C)ccc3n2)ccc1C(=O)NCCN1CC[S+]([O-])CC1. The van der Waals surface area contributed by atoms with Gasteiger partial charge in [0.1, 0.15) is 17.3 Å². The van der Waals surface area contributed by atoms with E-state index in [9.17, 15) is 36.9 Å². The summed E-state index contributed by atoms with van der Waals surface area (Å²) in [5.41, 5.74) is 4.76. The number of carbonyl (C=O) groups excluding carboxylic acids is 2. The maximum atomic E-state index is 14.0. The molecule has 1 saturated heterocycles. The van der Waals surface area contributed by atoms with Crippen molar-refractivity contribution in [3.05, 3.63) is 95.2 Å². The van der Waals surface area contributed by atoms with Crippen LogP contribution in [0.15, 0.2) is 72.9 Å². The van der Waals surface area contributed by atoms with Gasteiger partial charge in [-0.15, -0.1) is 0 Å². The van der Waals surface area contributed by atoms with Crippen LogP contribution in [0.2, 0.25) is 0 Å². The molecule has 0 spiro atoms. The van der Waals surface area contributed by atoms with Crippen LogP contribution in [0, 0.1) is 6.92 Å². The first-order valence-electron chi connectivity index (χ1n) is 20.5. The lowest BCUT2D eigenvalue weighted by Crippen LogP contribution is -2.43. The van der Waals surface area contributed by atoms with E-state index in [1.807, 2.05) is 52.0 Å². The molecular weight excluding hydrogens is 898 g/mol. The Morgan fingerprint density at radius 2 is 1.72 bits per heavy atom. The van der Waals surface area contributed by atoms with Crippen LogP contribution in [0.5, 0.6) is 11.5 Å². The fourth-order valence-corrected chi connectivity index (χ4v) is 9.53. The summed E-state index contributed by atoms with van der Waals surface area (Å²) in [7, 11) is -6.11. The number of sulfonamides is 1. The Bertz CT molecular complexity index is 2720. The minimum absolute atomic E-state index is 0.0173. The Labute approximate surface area is 381 Å². The summed E-state index contributed by atoms with van der Waals surface area (Å²) < 4.78 is 65.9. The molecule has 65 heavy (non-hydrogen) atoms. The molecule has 1 fully saturated rings. The third kappa shape index (κ3) is 12.7. The normalized spacial score (nSPS) is 13.9. The molecule has 0 atom stereocenters. The van der Waals surface area contributed by atoms with E-state index in [0.717, 1.165) is 45.7 Å². The van der Waals surface area contributed by atoms with E-state index < -0.39 is 53.5 Å². The average molecular weight is 952 g/mol. The number of carbonyl (C=O) groups is 2. The maximum absolute atomic E-state index is 14.0. The van der Waals surface area contributed by atoms with E-state index in [2.05, 4.69) is 30.4 Å². The maximum Gasteiger partial charge on any atom is 0.469 e. The number of phosphoric ester groups is 1. The molecule has 4 aromatic carbocycles. The average Bonchev–Trinajstić information content (AvgIpc) is 3.24. The molecule has 2 amide bonds. The molecule has 0 aliphatic carbocycles. The number of phosphoric acid groups is 1. The number of amides is 2. The van der Waals surface area contributed by atoms with Crippen molar-refractivity contribution >= 4 is 74.7 Å². The van der Waals surface area contributed by atoms with Gasteiger partial charge in [0.25, 0.3) is 11.8 Å². The van der Waals surface area contributed by atoms with Gasteiger partial charge >= 0.3 is 7.82 Å². The van der Waals surface area contributed by atoms with Crippen LogP contribution in [0.1, 0.15) is 52.6 Å². The number of ether oxygens (including phenoxy) is 2. The van der Waals surface area contributed by atoms with Crippen molar-refractivity contribution in [3.63, 3.8) is 0 Å². The Balaban J connectivity index is 1.19. The topological polar surface area (TPSA) is 245 Å². The van der Waals surface area contributed by atoms with E-state index in [1.54, 1.807) is 48.7 Å². The van der Waals surface area contributed by atoms with Gasteiger partial charge < -0.3 is 39.8 Å². The van der Waals surface area contributed by atoms with Gasteiger partial charge in [0.05, 0.1) is 56.1 Å². The Hall–Kier alpha value is -5.31. The lowest BCUT2D eigenvalue weighted by atomic mass is 9.86. The zero-order valence-corrected chi connectivity index (χ0v) is 39.7. The fourth-order valence-electron chi connectivity index (χ4n) is 7.18. The highest BCUT2D eigenvalue weighted by molar-refractivity contribution is 7.92. The van der Waals surface area contributed by atoms with Crippen molar-refractivity contribution in [2.24, 2.45) is 0 Å². The molecule has 0 saturated carbocycles. The number of hydrogen-bond acceptors (Lipinski definition) is 13. The first-order valence-corrected chi connectivity index (χ1v) is 25.4. The standard InChI is InChI=1S/C44H54N7O11PS2/c1-28-8-9-30(41(52)48-37-24-32(44(2,3)4)25-38(40(37)61-6)51(65(7,58)59)16-19-62-63(54,55)56)23-35(28)29-10-13-36-31(22-29)27-46-43(49-36)47-33-11-12-34(39(26-33)60-5)42(53)45-14-15-50-17-20-64(57)21-18-50/h8-13,22-27H,14-21H2,1-7H3,(H,45,53)(H,48,52)(H,46,47,49)(H2,54,55,56). The van der Waals surface area contributed by atoms with Gasteiger partial charge in [-0.05, 0) is 83.1 Å². The van der Waals surface area contributed by atoms with Crippen molar-refractivity contribution in [1.82, 2.24) is 20.2 Å². The first-order chi connectivity index (χ1) is 30.6. The molecule has 0 unspecified atom stereocenters. The van der Waals surface area contributed by atoms with Gasteiger partial charge in [-0.1, -0.05) is 44.1 Å². The Morgan fingerprint density at radius 3 is 2.38 bits per heavy atom. The number of aryl methyl sites for hydroxylation is 1. The summed E-state index contributed by atoms with van der Waals surface area (Å²) in [5, 5.41) is 9.77. The molecule has 1 aromatic heterocycles. The molecule has 5 N–H and O–H groups in total. The van der Waals surface area contributed by atoms with Gasteiger partial charge in [-0.2, -0.15) is 0 Å². The Morgan fingerprint density at radius 1 is 0.985 bits per heavy atom. The zero-order valence-electron chi connectivity index (χ0n) is 37.2. The second kappa shape index (κ2) is 20.5. The lowest BCUT2D eigenvalue weighted by Gasteiger charge is -2.29. The molecule has 1 aliphatic heterocycles. The lowest BCUT2D eigenvalue weighted by molar-refractivity contribution is 0.0944. The second-order valence-corrected chi connectivity index (χ2v) is 21.3. The van der Waals surface area contributed by atoms with E-state index >= 15 is 0 Å². The monoisotopic (exact) mass is 951 g/mol. The number of methoxy groups -OCH3 is 2. The van der Waals surface area contributed by atoms with Crippen LogP contribution in [0.4, 0.5) is 23.0 Å². The van der Waals surface area contributed by atoms with Crippen molar-refractivity contribution in [3.8, 4) is 22.6 Å². The molecule has 21 heteroatoms. The van der Waals surface area contributed by atoms with Gasteiger partial charge in [0.15, 0.2) is 5.75 Å². The number of nitrogens with zero attached hydrogens (tertiary/aromatic N) is 4. The smallest absolute Gasteiger partial charge is 0.469 e. The van der Waals surface area contributed by atoms with E-state index in [-0.39, 0.29) is 23.0 Å². The van der Waals surface area contributed by atoms with Crippen molar-refractivity contribution < 1.29 is 50.9 Å². The molecule has 1 aliphatic rings. The second-order valence-electron chi connectivity index (χ2n) is 16.4. The minimum Gasteiger partial charge on any atom is -0.616 e. The molecular formula is C44H54N7O11PS2. The van der Waals surface area contributed by atoms with Crippen LogP contribution >= 0.6 is 7.82 Å². The molecule has 5 aromatic rings. The highest BCUT2D eigenvalue weighted by Gasteiger charge is 2.29. The largest absolute Gasteiger partial charge is 0.616 e. The van der Waals surface area contributed by atoms with Crippen molar-refractivity contribution in [2.75, 3.05) is 86.3 Å². The highest BCUT2D eigenvalue weighted by atomic mass is 32.2. The van der Waals surface area contributed by atoms with Crippen molar-refractivity contribution in [2.45, 2.75) is 33.1 Å². The van der Waals surface area contributed by atoms with Crippen LogP contribution in [0.25, 0.3) is 22.0 Å². The molecule has 6 rings (SSSR count). The molecule has 348 valence electrons. The third-order valence-corrected chi connectivity index (χ3v) is 13.7. The summed E-state index contributed by atoms with van der Waals surface area (Å²) >= 11 is -0.758. The Kier molecular flexibility index (Phi) is 15.5. The van der Waals surface area contributed by atoms with Crippen LogP contribution < -0.4 is 29.7 Å². The summed E-state index contributed by atoms with van der Waals surface area (Å²) in [6.45, 7) is 9.22. The molecule has 0 bridgehead atoms. The summed E-state index contributed by atoms with van der Waals surface area (Å²) in [4.78, 5) is 56.9. The van der Waals surface area contributed by atoms with Gasteiger partial charge in [-0.3, -0.25) is 23.3 Å². The zero-order chi connectivity index (χ0) is 47.3. The predicted octanol–water partition coefficient (Wildman–Crippen LogP) is 5.59. The summed E-state index contributed by atoms with van der Waals surface area (Å²) in [5.74, 6) is 1.25. The fraction of sp³-hybridized carbons (Fsp3) is 0.364. The van der Waals surface area contributed by atoms with Crippen molar-refractivity contribution in [1.29, 1.82) is 0 Å². The quantitative estimate of drug-likeness (QED) is 0.0564. The number of rotatable bonds is 17. The third-order valence-electron chi connectivity index (χ3n) is 10.7. The first kappa shape index (κ1) is 49.1. The van der Waals surface area contributed by atoms with Crippen LogP contribution in [-0.2, 0) is 35.7 Å². The van der Waals surface area contributed by atoms with E-state index in [1.165, 1.54) is 14.2 Å². The number of hydrogen-bond donors (Lipinski definition) is 5. The van der Waals surface area contributed by atoms with E-state index in [0.29, 0.717) is 64.2 Å².